The van der Waals surface area contributed by atoms with E-state index in [9.17, 15) is 4.79 Å². The zero-order valence-corrected chi connectivity index (χ0v) is 15.2. The Morgan fingerprint density at radius 3 is 2.88 bits per heavy atom. The molecule has 1 amide bonds. The molecule has 1 saturated heterocycles. The summed E-state index contributed by atoms with van der Waals surface area (Å²) in [6, 6.07) is 14.5. The van der Waals surface area contributed by atoms with Crippen LogP contribution in [0, 0.1) is 0 Å². The highest BCUT2D eigenvalue weighted by Crippen LogP contribution is 2.28. The first kappa shape index (κ1) is 15.8. The molecule has 26 heavy (non-hydrogen) atoms. The third-order valence-electron chi connectivity index (χ3n) is 5.38. The number of thiophene rings is 1. The number of benzene rings is 1. The van der Waals surface area contributed by atoms with Crippen molar-refractivity contribution in [1.82, 2.24) is 20.0 Å². The molecule has 0 radical (unpaired) electrons. The van der Waals surface area contributed by atoms with Crippen LogP contribution in [0.25, 0.3) is 11.3 Å². The quantitative estimate of drug-likeness (QED) is 0.777. The fourth-order valence-electron chi connectivity index (χ4n) is 3.79. The molecular formula is C20H20N4OS. The number of fused-ring (bicyclic) bond motifs is 1. The molecule has 132 valence electrons. The van der Waals surface area contributed by atoms with Crippen molar-refractivity contribution in [3.8, 4) is 11.3 Å². The Hall–Kier alpha value is -2.44. The molecular weight excluding hydrogens is 344 g/mol. The van der Waals surface area contributed by atoms with Crippen LogP contribution in [0.3, 0.4) is 0 Å². The van der Waals surface area contributed by atoms with Crippen LogP contribution in [0.4, 0.5) is 0 Å². The summed E-state index contributed by atoms with van der Waals surface area (Å²) >= 11 is 1.87. The molecule has 1 aromatic carbocycles. The summed E-state index contributed by atoms with van der Waals surface area (Å²) in [5.74, 6) is 0.0455. The summed E-state index contributed by atoms with van der Waals surface area (Å²) in [7, 11) is 0. The molecule has 6 heteroatoms. The van der Waals surface area contributed by atoms with Gasteiger partial charge in [-0.2, -0.15) is 5.10 Å². The molecule has 5 rings (SSSR count). The smallest absolute Gasteiger partial charge is 0.271 e. The second-order valence-corrected chi connectivity index (χ2v) is 7.99. The van der Waals surface area contributed by atoms with Crippen molar-refractivity contribution in [1.29, 1.82) is 0 Å². The highest BCUT2D eigenvalue weighted by Gasteiger charge is 2.37. The van der Waals surface area contributed by atoms with E-state index in [2.05, 4.69) is 26.5 Å². The van der Waals surface area contributed by atoms with Crippen LogP contribution in [0.15, 0.2) is 47.8 Å². The first-order valence-corrected chi connectivity index (χ1v) is 9.85. The number of nitrogens with one attached hydrogen (secondary N) is 1. The maximum atomic E-state index is 12.7. The largest absolute Gasteiger partial charge is 0.334 e. The lowest BCUT2D eigenvalue weighted by Crippen LogP contribution is -2.61. The number of carbonyl (C=O) groups excluding carboxylic acids is 1. The van der Waals surface area contributed by atoms with E-state index in [0.29, 0.717) is 11.7 Å². The van der Waals surface area contributed by atoms with Gasteiger partial charge in [-0.3, -0.25) is 14.8 Å². The number of likely N-dealkylation sites (tertiary alicyclic amines) is 1. The highest BCUT2D eigenvalue weighted by atomic mass is 32.1. The molecule has 1 N–H and O–H groups in total. The summed E-state index contributed by atoms with van der Waals surface area (Å²) in [5.41, 5.74) is 3.87. The molecule has 0 unspecified atom stereocenters. The topological polar surface area (TPSA) is 52.2 Å². The minimum atomic E-state index is 0.0455. The fourth-order valence-corrected chi connectivity index (χ4v) is 4.68. The Morgan fingerprint density at radius 2 is 2.04 bits per heavy atom. The normalized spacial score (nSPS) is 17.8. The molecule has 5 nitrogen and oxygen atoms in total. The van der Waals surface area contributed by atoms with E-state index < -0.39 is 0 Å². The minimum absolute atomic E-state index is 0.0455. The molecule has 2 aliphatic heterocycles. The number of rotatable bonds is 3. The predicted octanol–water partition coefficient (Wildman–Crippen LogP) is 3.02. The number of hydrogen-bond donors (Lipinski definition) is 1. The van der Waals surface area contributed by atoms with Crippen molar-refractivity contribution in [2.75, 3.05) is 19.6 Å². The molecule has 1 fully saturated rings. The molecule has 2 aromatic heterocycles. The Labute approximate surface area is 156 Å². The summed E-state index contributed by atoms with van der Waals surface area (Å²) < 4.78 is 0. The van der Waals surface area contributed by atoms with Gasteiger partial charge in [-0.15, -0.1) is 11.3 Å². The highest BCUT2D eigenvalue weighted by molar-refractivity contribution is 7.10. The maximum absolute atomic E-state index is 12.7. The van der Waals surface area contributed by atoms with Crippen LogP contribution in [-0.2, 0) is 13.0 Å². The third kappa shape index (κ3) is 2.75. The van der Waals surface area contributed by atoms with Crippen LogP contribution < -0.4 is 0 Å². The first-order valence-electron chi connectivity index (χ1n) is 8.97. The van der Waals surface area contributed by atoms with E-state index in [4.69, 9.17) is 0 Å². The lowest BCUT2D eigenvalue weighted by Gasteiger charge is -2.46. The van der Waals surface area contributed by atoms with Gasteiger partial charge in [0.05, 0.1) is 5.69 Å². The van der Waals surface area contributed by atoms with Crippen molar-refractivity contribution < 1.29 is 4.79 Å². The third-order valence-corrected chi connectivity index (χ3v) is 6.40. The Kier molecular flexibility index (Phi) is 3.87. The van der Waals surface area contributed by atoms with Crippen LogP contribution in [0.5, 0.6) is 0 Å². The number of aromatic amines is 1. The van der Waals surface area contributed by atoms with Crippen molar-refractivity contribution >= 4 is 17.2 Å². The number of aromatic nitrogens is 2. The number of H-pyrrole nitrogens is 1. The fraction of sp³-hybridized carbons (Fsp3) is 0.300. The van der Waals surface area contributed by atoms with Crippen molar-refractivity contribution in [2.24, 2.45) is 0 Å². The average molecular weight is 364 g/mol. The molecule has 0 aliphatic carbocycles. The number of carbonyl (C=O) groups is 1. The van der Waals surface area contributed by atoms with Gasteiger partial charge in [-0.05, 0) is 29.5 Å². The molecule has 2 aliphatic rings. The van der Waals surface area contributed by atoms with Crippen LogP contribution in [0.2, 0.25) is 0 Å². The Morgan fingerprint density at radius 1 is 1.19 bits per heavy atom. The first-order chi connectivity index (χ1) is 12.8. The van der Waals surface area contributed by atoms with Crippen molar-refractivity contribution in [2.45, 2.75) is 19.0 Å². The maximum Gasteiger partial charge on any atom is 0.271 e. The number of nitrogens with zero attached hydrogens (tertiary/aromatic N) is 3. The van der Waals surface area contributed by atoms with Gasteiger partial charge in [0.15, 0.2) is 0 Å². The number of hydrogen-bond acceptors (Lipinski definition) is 4. The van der Waals surface area contributed by atoms with Gasteiger partial charge in [0.25, 0.3) is 5.91 Å². The molecule has 0 bridgehead atoms. The predicted molar refractivity (Wildman–Crippen MR) is 102 cm³/mol. The van der Waals surface area contributed by atoms with Gasteiger partial charge in [0.1, 0.15) is 5.69 Å². The average Bonchev–Trinajstić information content (AvgIpc) is 3.30. The van der Waals surface area contributed by atoms with Crippen LogP contribution >= 0.6 is 11.3 Å². The molecule has 0 atom stereocenters. The van der Waals surface area contributed by atoms with Gasteiger partial charge >= 0.3 is 0 Å². The van der Waals surface area contributed by atoms with E-state index in [1.54, 1.807) is 0 Å². The lowest BCUT2D eigenvalue weighted by atomic mass is 10.0. The second kappa shape index (κ2) is 6.37. The minimum Gasteiger partial charge on any atom is -0.334 e. The number of amides is 1. The van der Waals surface area contributed by atoms with Crippen LogP contribution in [-0.4, -0.2) is 51.6 Å². The summed E-state index contributed by atoms with van der Waals surface area (Å²) in [6.45, 7) is 3.73. The van der Waals surface area contributed by atoms with Gasteiger partial charge in [0, 0.05) is 42.7 Å². The molecule has 0 spiro atoms. The molecule has 4 heterocycles. The van der Waals surface area contributed by atoms with Gasteiger partial charge < -0.3 is 4.90 Å². The lowest BCUT2D eigenvalue weighted by molar-refractivity contribution is 0.0216. The van der Waals surface area contributed by atoms with Crippen molar-refractivity contribution in [3.63, 3.8) is 0 Å². The zero-order valence-electron chi connectivity index (χ0n) is 14.4. The Balaban J connectivity index is 1.22. The standard InChI is InChI=1S/C20H20N4OS/c25-20(18-10-17(21-22-18)14-4-2-1-3-5-14)24-12-16(13-24)23-8-6-19-15(11-23)7-9-26-19/h1-5,7,9-10,16H,6,8,11-13H2,(H,21,22). The van der Waals surface area contributed by atoms with Gasteiger partial charge in [0.2, 0.25) is 0 Å². The van der Waals surface area contributed by atoms with Gasteiger partial charge in [-0.1, -0.05) is 30.3 Å². The molecule has 3 aromatic rings. The summed E-state index contributed by atoms with van der Waals surface area (Å²) in [4.78, 5) is 18.6. The van der Waals surface area contributed by atoms with E-state index in [-0.39, 0.29) is 5.91 Å². The van der Waals surface area contributed by atoms with E-state index >= 15 is 0 Å². The van der Waals surface area contributed by atoms with Crippen molar-refractivity contribution in [3.05, 3.63) is 64.0 Å². The van der Waals surface area contributed by atoms with E-state index in [1.807, 2.05) is 52.6 Å². The van der Waals surface area contributed by atoms with Gasteiger partial charge in [-0.25, -0.2) is 0 Å². The van der Waals surface area contributed by atoms with Crippen LogP contribution in [0.1, 0.15) is 20.9 Å². The monoisotopic (exact) mass is 364 g/mol. The zero-order chi connectivity index (χ0) is 17.5. The second-order valence-electron chi connectivity index (χ2n) is 6.99. The summed E-state index contributed by atoms with van der Waals surface area (Å²) in [6.07, 6.45) is 1.14. The Bertz CT molecular complexity index is 926. The molecule has 0 saturated carbocycles. The van der Waals surface area contributed by atoms with E-state index in [1.165, 1.54) is 10.4 Å². The van der Waals surface area contributed by atoms with E-state index in [0.717, 1.165) is 43.9 Å². The summed E-state index contributed by atoms with van der Waals surface area (Å²) in [5, 5.41) is 9.39. The SMILES string of the molecule is O=C(c1cc(-c2ccccc2)n[nH]1)N1CC(N2CCc3sccc3C2)C1.